The van der Waals surface area contributed by atoms with Crippen LogP contribution in [-0.2, 0) is 5.41 Å². The molecule has 59 heavy (non-hydrogen) atoms. The minimum Gasteiger partial charge on any atom is -0.454 e. The van der Waals surface area contributed by atoms with Gasteiger partial charge in [-0.25, -0.2) is 0 Å². The van der Waals surface area contributed by atoms with E-state index in [9.17, 15) is 0 Å². The molecule has 0 fully saturated rings. The molecule has 0 amide bonds. The van der Waals surface area contributed by atoms with Crippen LogP contribution in [-0.4, -0.2) is 0 Å². The average molecular weight is 756 g/mol. The first-order valence-electron chi connectivity index (χ1n) is 20.4. The number of rotatable bonds is 7. The zero-order valence-electron chi connectivity index (χ0n) is 33.1. The van der Waals surface area contributed by atoms with Gasteiger partial charge in [0, 0.05) is 27.4 Å². The van der Waals surface area contributed by atoms with Crippen molar-refractivity contribution in [1.29, 1.82) is 0 Å². The van der Waals surface area contributed by atoms with Crippen molar-refractivity contribution >= 4 is 39.0 Å². The molecule has 1 heterocycles. The normalized spacial score (nSPS) is 12.7. The molecule has 0 aliphatic heterocycles. The minimum absolute atomic E-state index is 0.177. The van der Waals surface area contributed by atoms with Crippen molar-refractivity contribution < 1.29 is 4.42 Å². The number of furan rings is 1. The second-order valence-electron chi connectivity index (χ2n) is 16.1. The second-order valence-corrected chi connectivity index (χ2v) is 16.1. The molecule has 0 unspecified atom stereocenters. The van der Waals surface area contributed by atoms with Gasteiger partial charge in [-0.15, -0.1) is 0 Å². The topological polar surface area (TPSA) is 16.4 Å². The molecule has 9 aromatic carbocycles. The first-order valence-corrected chi connectivity index (χ1v) is 20.4. The third kappa shape index (κ3) is 5.87. The zero-order chi connectivity index (χ0) is 39.5. The SMILES string of the molecule is CC1(C)c2ccccc2-c2ccc(N(c3ccc(-c4ccccc4)cc3-c3ccccc3)c3cc(-c4ccc(-c5ccccc5)cc4)cc4c3oc3ccccc34)cc21. The number of nitrogens with zero attached hydrogens (tertiary/aromatic N) is 1. The molecule has 0 saturated heterocycles. The van der Waals surface area contributed by atoms with Crippen molar-refractivity contribution in [2.24, 2.45) is 0 Å². The van der Waals surface area contributed by atoms with Crippen molar-refractivity contribution in [2.45, 2.75) is 19.3 Å². The summed E-state index contributed by atoms with van der Waals surface area (Å²) in [6.45, 7) is 4.71. The summed E-state index contributed by atoms with van der Waals surface area (Å²) in [5, 5.41) is 2.18. The van der Waals surface area contributed by atoms with Crippen LogP contribution in [0, 0.1) is 0 Å². The van der Waals surface area contributed by atoms with Crippen LogP contribution >= 0.6 is 0 Å². The first-order chi connectivity index (χ1) is 29.0. The molecule has 0 bridgehead atoms. The number of fused-ring (bicyclic) bond motifs is 6. The van der Waals surface area contributed by atoms with Crippen LogP contribution in [0.2, 0.25) is 0 Å². The van der Waals surface area contributed by atoms with E-state index in [2.05, 4.69) is 231 Å². The number of hydrogen-bond acceptors (Lipinski definition) is 2. The van der Waals surface area contributed by atoms with Crippen LogP contribution in [0.15, 0.2) is 217 Å². The van der Waals surface area contributed by atoms with Crippen LogP contribution in [0.4, 0.5) is 17.1 Å². The summed E-state index contributed by atoms with van der Waals surface area (Å²) in [4.78, 5) is 2.45. The van der Waals surface area contributed by atoms with Gasteiger partial charge in [-0.05, 0) is 104 Å². The molecule has 1 aromatic heterocycles. The summed E-state index contributed by atoms with van der Waals surface area (Å²) in [6, 6.07) is 76.9. The fraction of sp³-hybridized carbons (Fsp3) is 0.0526. The van der Waals surface area contributed by atoms with Gasteiger partial charge in [0.2, 0.25) is 0 Å². The summed E-state index contributed by atoms with van der Waals surface area (Å²) in [5.74, 6) is 0. The molecule has 2 heteroatoms. The molecule has 1 aliphatic carbocycles. The highest BCUT2D eigenvalue weighted by atomic mass is 16.3. The van der Waals surface area contributed by atoms with E-state index in [1.165, 1.54) is 44.5 Å². The first kappa shape index (κ1) is 34.8. The Bertz CT molecular complexity index is 3160. The molecule has 10 aromatic rings. The Morgan fingerprint density at radius 3 is 1.64 bits per heavy atom. The Balaban J connectivity index is 1.20. The van der Waals surface area contributed by atoms with Crippen molar-refractivity contribution in [3.05, 3.63) is 223 Å². The maximum absolute atomic E-state index is 6.96. The molecular weight excluding hydrogens is 715 g/mol. The van der Waals surface area contributed by atoms with E-state index in [0.717, 1.165) is 61.3 Å². The predicted octanol–water partition coefficient (Wildman–Crippen LogP) is 16.0. The second kappa shape index (κ2) is 13.9. The summed E-state index contributed by atoms with van der Waals surface area (Å²) in [5.41, 5.74) is 19.2. The molecule has 1 aliphatic rings. The molecular formula is C57H41NO. The van der Waals surface area contributed by atoms with E-state index in [1.807, 2.05) is 0 Å². The van der Waals surface area contributed by atoms with Gasteiger partial charge < -0.3 is 9.32 Å². The molecule has 2 nitrogen and oxygen atoms in total. The van der Waals surface area contributed by atoms with Crippen LogP contribution in [0.3, 0.4) is 0 Å². The van der Waals surface area contributed by atoms with E-state index in [-0.39, 0.29) is 5.41 Å². The van der Waals surface area contributed by atoms with E-state index in [1.54, 1.807) is 0 Å². The lowest BCUT2D eigenvalue weighted by atomic mass is 9.82. The van der Waals surface area contributed by atoms with Crippen LogP contribution < -0.4 is 4.90 Å². The highest BCUT2D eigenvalue weighted by molar-refractivity contribution is 6.12. The molecule has 0 radical (unpaired) electrons. The van der Waals surface area contributed by atoms with Crippen molar-refractivity contribution in [2.75, 3.05) is 4.90 Å². The standard InChI is InChI=1S/C57H41NO/c1-57(2)51-24-14-12-22-46(51)47-32-31-45(37-52(47)57)58(53-33-30-43(39-18-8-4-9-19-39)34-49(53)42-20-10-5-11-21-42)54-36-44(35-50-48-23-13-15-25-55(48)59-56(50)54)41-28-26-40(27-29-41)38-16-6-3-7-17-38/h3-37H,1-2H3. The molecule has 11 rings (SSSR count). The maximum atomic E-state index is 6.96. The number of hydrogen-bond donors (Lipinski definition) is 0. The van der Waals surface area contributed by atoms with Gasteiger partial charge in [-0.3, -0.25) is 0 Å². The van der Waals surface area contributed by atoms with Gasteiger partial charge in [-0.2, -0.15) is 0 Å². The summed E-state index contributed by atoms with van der Waals surface area (Å²) in [7, 11) is 0. The lowest BCUT2D eigenvalue weighted by Gasteiger charge is -2.30. The largest absolute Gasteiger partial charge is 0.454 e. The Hall–Kier alpha value is -7.42. The van der Waals surface area contributed by atoms with Gasteiger partial charge in [0.15, 0.2) is 5.58 Å². The van der Waals surface area contributed by atoms with Crippen LogP contribution in [0.5, 0.6) is 0 Å². The van der Waals surface area contributed by atoms with Crippen LogP contribution in [0.1, 0.15) is 25.0 Å². The van der Waals surface area contributed by atoms with E-state index >= 15 is 0 Å². The molecule has 0 N–H and O–H groups in total. The van der Waals surface area contributed by atoms with Gasteiger partial charge >= 0.3 is 0 Å². The fourth-order valence-electron chi connectivity index (χ4n) is 9.26. The smallest absolute Gasteiger partial charge is 0.159 e. The van der Waals surface area contributed by atoms with E-state index in [0.29, 0.717) is 0 Å². The average Bonchev–Trinajstić information content (AvgIpc) is 3.79. The lowest BCUT2D eigenvalue weighted by Crippen LogP contribution is -2.17. The molecule has 0 saturated carbocycles. The quantitative estimate of drug-likeness (QED) is 0.161. The molecule has 280 valence electrons. The van der Waals surface area contributed by atoms with E-state index in [4.69, 9.17) is 4.42 Å². The Morgan fingerprint density at radius 2 is 0.915 bits per heavy atom. The van der Waals surface area contributed by atoms with Crippen molar-refractivity contribution in [1.82, 2.24) is 0 Å². The highest BCUT2D eigenvalue weighted by Gasteiger charge is 2.36. The predicted molar refractivity (Wildman–Crippen MR) is 248 cm³/mol. The number of anilines is 3. The Kier molecular flexibility index (Phi) is 8.20. The minimum atomic E-state index is -0.177. The summed E-state index contributed by atoms with van der Waals surface area (Å²) < 4.78 is 6.96. The van der Waals surface area contributed by atoms with Gasteiger partial charge in [-0.1, -0.05) is 184 Å². The lowest BCUT2D eigenvalue weighted by molar-refractivity contribution is 0.660. The Labute approximate surface area is 345 Å². The molecule has 0 spiro atoms. The van der Waals surface area contributed by atoms with Gasteiger partial charge in [0.25, 0.3) is 0 Å². The van der Waals surface area contributed by atoms with Crippen LogP contribution in [0.25, 0.3) is 77.6 Å². The number of benzene rings is 9. The molecule has 0 atom stereocenters. The zero-order valence-corrected chi connectivity index (χ0v) is 33.1. The Morgan fingerprint density at radius 1 is 0.356 bits per heavy atom. The van der Waals surface area contributed by atoms with Gasteiger partial charge in [0.1, 0.15) is 5.58 Å². The monoisotopic (exact) mass is 755 g/mol. The summed E-state index contributed by atoms with van der Waals surface area (Å²) in [6.07, 6.45) is 0. The maximum Gasteiger partial charge on any atom is 0.159 e. The van der Waals surface area contributed by atoms with Crippen molar-refractivity contribution in [3.8, 4) is 55.6 Å². The third-order valence-electron chi connectivity index (χ3n) is 12.3. The number of para-hydroxylation sites is 1. The third-order valence-corrected chi connectivity index (χ3v) is 12.3. The van der Waals surface area contributed by atoms with Gasteiger partial charge in [0.05, 0.1) is 11.4 Å². The summed E-state index contributed by atoms with van der Waals surface area (Å²) >= 11 is 0. The fourth-order valence-corrected chi connectivity index (χ4v) is 9.26. The van der Waals surface area contributed by atoms with E-state index < -0.39 is 0 Å². The highest BCUT2D eigenvalue weighted by Crippen LogP contribution is 2.53. The van der Waals surface area contributed by atoms with Crippen molar-refractivity contribution in [3.63, 3.8) is 0 Å².